The van der Waals surface area contributed by atoms with Gasteiger partial charge >= 0.3 is 0 Å². The van der Waals surface area contributed by atoms with Gasteiger partial charge in [-0.05, 0) is 31.2 Å². The molecule has 0 bridgehead atoms. The fourth-order valence-electron chi connectivity index (χ4n) is 1.62. The molecule has 0 radical (unpaired) electrons. The van der Waals surface area contributed by atoms with Crippen LogP contribution in [0.15, 0.2) is 17.5 Å². The van der Waals surface area contributed by atoms with E-state index in [0.29, 0.717) is 5.92 Å². The Labute approximate surface area is 104 Å². The Morgan fingerprint density at radius 3 is 3.18 bits per heavy atom. The van der Waals surface area contributed by atoms with Gasteiger partial charge in [-0.1, -0.05) is 6.92 Å². The van der Waals surface area contributed by atoms with Gasteiger partial charge in [0.05, 0.1) is 5.39 Å². The van der Waals surface area contributed by atoms with Gasteiger partial charge in [0.15, 0.2) is 5.82 Å². The van der Waals surface area contributed by atoms with Crippen molar-refractivity contribution in [1.82, 2.24) is 9.97 Å². The van der Waals surface area contributed by atoms with Crippen LogP contribution in [-0.4, -0.2) is 16.2 Å². The van der Waals surface area contributed by atoms with E-state index in [1.54, 1.807) is 17.7 Å². The lowest BCUT2D eigenvalue weighted by atomic mass is 10.3. The molecule has 0 aromatic carbocycles. The van der Waals surface area contributed by atoms with Crippen molar-refractivity contribution < 1.29 is 0 Å². The van der Waals surface area contributed by atoms with Gasteiger partial charge in [0, 0.05) is 11.1 Å². The second-order valence-corrected chi connectivity index (χ2v) is 5.35. The van der Waals surface area contributed by atoms with Crippen LogP contribution >= 0.6 is 11.3 Å². The maximum atomic E-state index is 4.28. The topological polar surface area (TPSA) is 50.2 Å². The third-order valence-electron chi connectivity index (χ3n) is 2.81. The average molecular weight is 246 g/mol. The molecule has 0 amide bonds. The SMILES string of the molecule is CCc1cc2c(N/N=C\C3CC3)ncnc2s1. The highest BCUT2D eigenvalue weighted by atomic mass is 32.1. The quantitative estimate of drug-likeness (QED) is 0.666. The van der Waals surface area contributed by atoms with Crippen molar-refractivity contribution in [3.05, 3.63) is 17.3 Å². The third kappa shape index (κ3) is 2.29. The van der Waals surface area contributed by atoms with E-state index in [1.807, 2.05) is 6.21 Å². The van der Waals surface area contributed by atoms with Crippen LogP contribution in [0.3, 0.4) is 0 Å². The number of aromatic nitrogens is 2. The molecule has 0 saturated heterocycles. The molecular weight excluding hydrogens is 232 g/mol. The Morgan fingerprint density at radius 1 is 1.53 bits per heavy atom. The Balaban J connectivity index is 1.88. The molecule has 0 spiro atoms. The largest absolute Gasteiger partial charge is 0.261 e. The maximum Gasteiger partial charge on any atom is 0.158 e. The summed E-state index contributed by atoms with van der Waals surface area (Å²) in [5.41, 5.74) is 3.02. The average Bonchev–Trinajstić information content (AvgIpc) is 3.06. The predicted octanol–water partition coefficient (Wildman–Crippen LogP) is 3.06. The van der Waals surface area contributed by atoms with E-state index < -0.39 is 0 Å². The van der Waals surface area contributed by atoms with E-state index in [4.69, 9.17) is 0 Å². The van der Waals surface area contributed by atoms with Crippen LogP contribution in [0, 0.1) is 5.92 Å². The maximum absolute atomic E-state index is 4.28. The highest BCUT2D eigenvalue weighted by molar-refractivity contribution is 7.18. The second kappa shape index (κ2) is 4.41. The van der Waals surface area contributed by atoms with Crippen molar-refractivity contribution in [1.29, 1.82) is 0 Å². The number of hydrazone groups is 1. The monoisotopic (exact) mass is 246 g/mol. The van der Waals surface area contributed by atoms with Crippen molar-refractivity contribution in [2.24, 2.45) is 11.0 Å². The molecule has 2 aromatic heterocycles. The summed E-state index contributed by atoms with van der Waals surface area (Å²) in [6.45, 7) is 2.15. The van der Waals surface area contributed by atoms with E-state index in [0.717, 1.165) is 22.5 Å². The van der Waals surface area contributed by atoms with Crippen LogP contribution in [0.1, 0.15) is 24.6 Å². The lowest BCUT2D eigenvalue weighted by molar-refractivity contribution is 1.16. The highest BCUT2D eigenvalue weighted by Crippen LogP contribution is 2.29. The van der Waals surface area contributed by atoms with Crippen molar-refractivity contribution in [3.63, 3.8) is 0 Å². The number of nitrogens with zero attached hydrogens (tertiary/aromatic N) is 3. The Morgan fingerprint density at radius 2 is 2.41 bits per heavy atom. The molecule has 1 N–H and O–H groups in total. The summed E-state index contributed by atoms with van der Waals surface area (Å²) < 4.78 is 0. The van der Waals surface area contributed by atoms with Crippen LogP contribution < -0.4 is 5.43 Å². The molecule has 1 fully saturated rings. The van der Waals surface area contributed by atoms with Crippen molar-refractivity contribution in [2.75, 3.05) is 5.43 Å². The van der Waals surface area contributed by atoms with Crippen molar-refractivity contribution >= 4 is 33.6 Å². The molecule has 5 heteroatoms. The third-order valence-corrected chi connectivity index (χ3v) is 3.99. The van der Waals surface area contributed by atoms with E-state index in [9.17, 15) is 0 Å². The first-order valence-electron chi connectivity index (χ1n) is 5.89. The van der Waals surface area contributed by atoms with Crippen molar-refractivity contribution in [3.8, 4) is 0 Å². The van der Waals surface area contributed by atoms with Crippen LogP contribution in [0.5, 0.6) is 0 Å². The summed E-state index contributed by atoms with van der Waals surface area (Å²) in [6.07, 6.45) is 7.13. The minimum atomic E-state index is 0.675. The van der Waals surface area contributed by atoms with Gasteiger partial charge in [0.2, 0.25) is 0 Å². The van der Waals surface area contributed by atoms with Gasteiger partial charge in [0.25, 0.3) is 0 Å². The molecule has 1 saturated carbocycles. The molecule has 88 valence electrons. The first kappa shape index (κ1) is 10.7. The van der Waals surface area contributed by atoms with Gasteiger partial charge in [-0.3, -0.25) is 5.43 Å². The molecule has 17 heavy (non-hydrogen) atoms. The highest BCUT2D eigenvalue weighted by Gasteiger charge is 2.18. The number of nitrogens with one attached hydrogen (secondary N) is 1. The first-order valence-corrected chi connectivity index (χ1v) is 6.71. The lowest BCUT2D eigenvalue weighted by Crippen LogP contribution is -1.94. The van der Waals surface area contributed by atoms with Crippen LogP contribution in [-0.2, 0) is 6.42 Å². The summed E-state index contributed by atoms with van der Waals surface area (Å²) in [5, 5.41) is 5.30. The smallest absolute Gasteiger partial charge is 0.158 e. The minimum absolute atomic E-state index is 0.675. The summed E-state index contributed by atoms with van der Waals surface area (Å²) in [4.78, 5) is 10.9. The number of hydrogen-bond donors (Lipinski definition) is 1. The predicted molar refractivity (Wildman–Crippen MR) is 71.6 cm³/mol. The van der Waals surface area contributed by atoms with Crippen molar-refractivity contribution in [2.45, 2.75) is 26.2 Å². The zero-order valence-corrected chi connectivity index (χ0v) is 10.5. The molecule has 0 aliphatic heterocycles. The number of hydrogen-bond acceptors (Lipinski definition) is 5. The molecule has 2 heterocycles. The van der Waals surface area contributed by atoms with Gasteiger partial charge in [-0.25, -0.2) is 9.97 Å². The van der Waals surface area contributed by atoms with Crippen LogP contribution in [0.25, 0.3) is 10.2 Å². The number of thiophene rings is 1. The molecule has 2 aromatic rings. The number of aryl methyl sites for hydroxylation is 1. The van der Waals surface area contributed by atoms with Gasteiger partial charge < -0.3 is 0 Å². The first-order chi connectivity index (χ1) is 8.36. The van der Waals surface area contributed by atoms with E-state index in [-0.39, 0.29) is 0 Å². The molecule has 1 aliphatic rings. The summed E-state index contributed by atoms with van der Waals surface area (Å²) in [7, 11) is 0. The minimum Gasteiger partial charge on any atom is -0.261 e. The number of fused-ring (bicyclic) bond motifs is 1. The van der Waals surface area contributed by atoms with E-state index in [2.05, 4.69) is 33.5 Å². The Bertz CT molecular complexity index is 557. The summed E-state index contributed by atoms with van der Waals surface area (Å²) in [5.74, 6) is 1.48. The van der Waals surface area contributed by atoms with E-state index >= 15 is 0 Å². The van der Waals surface area contributed by atoms with Gasteiger partial charge in [0.1, 0.15) is 11.2 Å². The molecule has 4 nitrogen and oxygen atoms in total. The molecule has 0 unspecified atom stereocenters. The second-order valence-electron chi connectivity index (χ2n) is 4.23. The molecule has 1 aliphatic carbocycles. The lowest BCUT2D eigenvalue weighted by Gasteiger charge is -1.99. The summed E-state index contributed by atoms with van der Waals surface area (Å²) in [6, 6.07) is 2.15. The molecule has 0 atom stereocenters. The van der Waals surface area contributed by atoms with Gasteiger partial charge in [-0.15, -0.1) is 11.3 Å². The van der Waals surface area contributed by atoms with Gasteiger partial charge in [-0.2, -0.15) is 5.10 Å². The zero-order chi connectivity index (χ0) is 11.7. The number of rotatable bonds is 4. The zero-order valence-electron chi connectivity index (χ0n) is 9.68. The van der Waals surface area contributed by atoms with Crippen LogP contribution in [0.2, 0.25) is 0 Å². The standard InChI is InChI=1S/C12H14N4S/c1-2-9-5-10-11(13-7-14-12(10)17-9)16-15-6-8-3-4-8/h5-8H,2-4H2,1H3,(H,13,14,16)/b15-6-. The number of anilines is 1. The molecule has 3 rings (SSSR count). The van der Waals surface area contributed by atoms with E-state index in [1.165, 1.54) is 17.7 Å². The normalized spacial score (nSPS) is 15.8. The fourth-order valence-corrected chi connectivity index (χ4v) is 2.55. The summed E-state index contributed by atoms with van der Waals surface area (Å²) >= 11 is 1.72. The Kier molecular flexibility index (Phi) is 2.76. The Hall–Kier alpha value is -1.49. The van der Waals surface area contributed by atoms with Crippen LogP contribution in [0.4, 0.5) is 5.82 Å². The molecular formula is C12H14N4S. The fraction of sp³-hybridized carbons (Fsp3) is 0.417.